The van der Waals surface area contributed by atoms with Crippen LogP contribution in [0.15, 0.2) is 18.3 Å². The molecule has 1 aliphatic heterocycles. The number of likely N-dealkylation sites (N-methyl/N-ethyl adjacent to an activating group) is 1. The molecule has 0 unspecified atom stereocenters. The molecule has 1 aromatic heterocycles. The number of aliphatic carboxylic acids is 1. The first-order chi connectivity index (χ1) is 9.79. The molecule has 1 N–H and O–H groups in total. The van der Waals surface area contributed by atoms with Crippen molar-refractivity contribution in [3.8, 4) is 0 Å². The number of anilines is 1. The number of carbonyl (C=O) groups is 1. The molecule has 2 heterocycles. The highest BCUT2D eigenvalue weighted by molar-refractivity contribution is 5.85. The van der Waals surface area contributed by atoms with Crippen molar-refractivity contribution in [2.24, 2.45) is 0 Å². The number of aryl methyl sites for hydroxylation is 1. The smallest absolute Gasteiger partial charge is 0.328 e. The quantitative estimate of drug-likeness (QED) is 0.863. The zero-order chi connectivity index (χ0) is 15.6. The van der Waals surface area contributed by atoms with Gasteiger partial charge in [0.05, 0.1) is 0 Å². The van der Waals surface area contributed by atoms with E-state index >= 15 is 0 Å². The molecule has 0 atom stereocenters. The lowest BCUT2D eigenvalue weighted by molar-refractivity contribution is -0.131. The largest absolute Gasteiger partial charge is 0.478 e. The molecule has 0 aliphatic carbocycles. The number of pyridine rings is 1. The molecule has 5 nitrogen and oxygen atoms in total. The Bertz CT molecular complexity index is 567. The maximum atomic E-state index is 10.6. The van der Waals surface area contributed by atoms with Crippen LogP contribution in [-0.2, 0) is 4.79 Å². The van der Waals surface area contributed by atoms with Gasteiger partial charge in [0.2, 0.25) is 0 Å². The standard InChI is InChI=1S/C16H23N3O2/c1-12-9-13(5-6-14(20)21)10-17-15(12)19-8-7-18(4)16(2,3)11-19/h5-6,9-10H,7-8,11H2,1-4H3,(H,20,21)/b6-5+. The van der Waals surface area contributed by atoms with Crippen LogP contribution in [0.1, 0.15) is 25.0 Å². The lowest BCUT2D eigenvalue weighted by Gasteiger charge is -2.46. The highest BCUT2D eigenvalue weighted by atomic mass is 16.4. The van der Waals surface area contributed by atoms with Gasteiger partial charge in [0.1, 0.15) is 5.82 Å². The van der Waals surface area contributed by atoms with E-state index in [2.05, 4.69) is 35.7 Å². The summed E-state index contributed by atoms with van der Waals surface area (Å²) in [6.45, 7) is 9.39. The Morgan fingerprint density at radius 1 is 1.43 bits per heavy atom. The lowest BCUT2D eigenvalue weighted by Crippen LogP contribution is -2.58. The van der Waals surface area contributed by atoms with Crippen LogP contribution < -0.4 is 4.90 Å². The second-order valence-electron chi connectivity index (χ2n) is 6.24. The first-order valence-corrected chi connectivity index (χ1v) is 7.13. The van der Waals surface area contributed by atoms with Gasteiger partial charge in [-0.2, -0.15) is 0 Å². The van der Waals surface area contributed by atoms with Crippen molar-refractivity contribution in [2.45, 2.75) is 26.3 Å². The number of hydrogen-bond donors (Lipinski definition) is 1. The van der Waals surface area contributed by atoms with Crippen molar-refractivity contribution >= 4 is 17.9 Å². The average molecular weight is 289 g/mol. The SMILES string of the molecule is Cc1cc(/C=C/C(=O)O)cnc1N1CCN(C)C(C)(C)C1. The Hall–Kier alpha value is -1.88. The molecule has 0 bridgehead atoms. The van der Waals surface area contributed by atoms with E-state index in [1.165, 1.54) is 0 Å². The molecule has 0 aromatic carbocycles. The van der Waals surface area contributed by atoms with Crippen LogP contribution in [0.4, 0.5) is 5.82 Å². The number of piperazine rings is 1. The third kappa shape index (κ3) is 3.61. The molecular weight excluding hydrogens is 266 g/mol. The average Bonchev–Trinajstić information content (AvgIpc) is 2.40. The molecule has 21 heavy (non-hydrogen) atoms. The summed E-state index contributed by atoms with van der Waals surface area (Å²) in [6.07, 6.45) is 4.43. The Morgan fingerprint density at radius 3 is 2.71 bits per heavy atom. The number of carboxylic acid groups (broad SMARTS) is 1. The van der Waals surface area contributed by atoms with Gasteiger partial charge < -0.3 is 10.0 Å². The topological polar surface area (TPSA) is 56.7 Å². The van der Waals surface area contributed by atoms with Crippen LogP contribution in [0.2, 0.25) is 0 Å². The van der Waals surface area contributed by atoms with E-state index in [1.807, 2.05) is 13.0 Å². The van der Waals surface area contributed by atoms with Crippen molar-refractivity contribution in [3.63, 3.8) is 0 Å². The summed E-state index contributed by atoms with van der Waals surface area (Å²) >= 11 is 0. The van der Waals surface area contributed by atoms with Gasteiger partial charge in [-0.05, 0) is 51.1 Å². The highest BCUT2D eigenvalue weighted by Gasteiger charge is 2.31. The Balaban J connectivity index is 2.20. The first kappa shape index (κ1) is 15.5. The van der Waals surface area contributed by atoms with Gasteiger partial charge in [-0.25, -0.2) is 9.78 Å². The van der Waals surface area contributed by atoms with Crippen molar-refractivity contribution in [1.82, 2.24) is 9.88 Å². The molecule has 0 amide bonds. The fourth-order valence-corrected chi connectivity index (χ4v) is 2.60. The van der Waals surface area contributed by atoms with E-state index in [0.29, 0.717) is 0 Å². The Kier molecular flexibility index (Phi) is 4.32. The lowest BCUT2D eigenvalue weighted by atomic mass is 9.99. The van der Waals surface area contributed by atoms with Gasteiger partial charge in [-0.15, -0.1) is 0 Å². The fraction of sp³-hybridized carbons (Fsp3) is 0.500. The summed E-state index contributed by atoms with van der Waals surface area (Å²) in [6, 6.07) is 1.98. The molecule has 5 heteroatoms. The normalized spacial score (nSPS) is 19.1. The van der Waals surface area contributed by atoms with E-state index in [4.69, 9.17) is 5.11 Å². The minimum atomic E-state index is -0.947. The first-order valence-electron chi connectivity index (χ1n) is 7.13. The molecule has 114 valence electrons. The highest BCUT2D eigenvalue weighted by Crippen LogP contribution is 2.25. The molecule has 1 aromatic rings. The van der Waals surface area contributed by atoms with E-state index in [9.17, 15) is 4.79 Å². The van der Waals surface area contributed by atoms with Crippen LogP contribution in [0, 0.1) is 6.92 Å². The zero-order valence-electron chi connectivity index (χ0n) is 13.1. The van der Waals surface area contributed by atoms with Crippen LogP contribution in [0.5, 0.6) is 0 Å². The third-order valence-electron chi connectivity index (χ3n) is 4.11. The summed E-state index contributed by atoms with van der Waals surface area (Å²) in [5.74, 6) is 0.0428. The van der Waals surface area contributed by atoms with Gasteiger partial charge in [0.25, 0.3) is 0 Å². The summed E-state index contributed by atoms with van der Waals surface area (Å²) in [5, 5.41) is 8.66. The molecule has 0 saturated carbocycles. The Labute approximate surface area is 125 Å². The predicted octanol–water partition coefficient (Wildman–Crippen LogP) is 2.02. The Morgan fingerprint density at radius 2 is 2.14 bits per heavy atom. The second kappa shape index (κ2) is 5.85. The van der Waals surface area contributed by atoms with E-state index < -0.39 is 5.97 Å². The molecular formula is C16H23N3O2. The fourth-order valence-electron chi connectivity index (χ4n) is 2.60. The number of rotatable bonds is 3. The molecule has 1 saturated heterocycles. The number of aromatic nitrogens is 1. The molecule has 0 spiro atoms. The number of carboxylic acids is 1. The van der Waals surface area contributed by atoms with Crippen LogP contribution >= 0.6 is 0 Å². The number of hydrogen-bond acceptors (Lipinski definition) is 4. The number of nitrogens with zero attached hydrogens (tertiary/aromatic N) is 3. The van der Waals surface area contributed by atoms with Crippen LogP contribution in [-0.4, -0.2) is 53.2 Å². The minimum Gasteiger partial charge on any atom is -0.478 e. The minimum absolute atomic E-state index is 0.119. The van der Waals surface area contributed by atoms with Gasteiger partial charge in [0.15, 0.2) is 0 Å². The zero-order valence-corrected chi connectivity index (χ0v) is 13.1. The van der Waals surface area contributed by atoms with Gasteiger partial charge in [-0.1, -0.05) is 0 Å². The third-order valence-corrected chi connectivity index (χ3v) is 4.11. The summed E-state index contributed by atoms with van der Waals surface area (Å²) < 4.78 is 0. The summed E-state index contributed by atoms with van der Waals surface area (Å²) in [5.41, 5.74) is 2.00. The van der Waals surface area contributed by atoms with Crippen molar-refractivity contribution in [2.75, 3.05) is 31.6 Å². The van der Waals surface area contributed by atoms with Crippen LogP contribution in [0.25, 0.3) is 6.08 Å². The van der Waals surface area contributed by atoms with Crippen molar-refractivity contribution in [1.29, 1.82) is 0 Å². The molecule has 2 rings (SSSR count). The summed E-state index contributed by atoms with van der Waals surface area (Å²) in [4.78, 5) is 19.8. The molecule has 1 fully saturated rings. The van der Waals surface area contributed by atoms with Crippen molar-refractivity contribution < 1.29 is 9.90 Å². The monoisotopic (exact) mass is 289 g/mol. The van der Waals surface area contributed by atoms with Gasteiger partial charge >= 0.3 is 5.97 Å². The molecule has 0 radical (unpaired) electrons. The van der Waals surface area contributed by atoms with E-state index in [1.54, 1.807) is 12.3 Å². The van der Waals surface area contributed by atoms with E-state index in [0.717, 1.165) is 42.7 Å². The molecule has 1 aliphatic rings. The maximum Gasteiger partial charge on any atom is 0.328 e. The summed E-state index contributed by atoms with van der Waals surface area (Å²) in [7, 11) is 2.15. The van der Waals surface area contributed by atoms with Gasteiger partial charge in [-0.3, -0.25) is 4.90 Å². The predicted molar refractivity (Wildman–Crippen MR) is 84.6 cm³/mol. The second-order valence-corrected chi connectivity index (χ2v) is 6.24. The van der Waals surface area contributed by atoms with E-state index in [-0.39, 0.29) is 5.54 Å². The van der Waals surface area contributed by atoms with Crippen molar-refractivity contribution in [3.05, 3.63) is 29.5 Å². The maximum absolute atomic E-state index is 10.6. The van der Waals surface area contributed by atoms with Gasteiger partial charge in [0, 0.05) is 37.4 Å². The van der Waals surface area contributed by atoms with Crippen LogP contribution in [0.3, 0.4) is 0 Å².